The van der Waals surface area contributed by atoms with Crippen LogP contribution in [0.4, 0.5) is 0 Å². The summed E-state index contributed by atoms with van der Waals surface area (Å²) in [7, 11) is 0. The molecule has 0 fully saturated rings. The molecule has 0 aromatic carbocycles. The second kappa shape index (κ2) is 6.14. The van der Waals surface area contributed by atoms with E-state index in [9.17, 15) is 9.59 Å². The molecular weight excluding hydrogens is 194 g/mol. The minimum atomic E-state index is -0.665. The highest BCUT2D eigenvalue weighted by Gasteiger charge is 2.24. The first-order valence-electron chi connectivity index (χ1n) is 4.87. The third kappa shape index (κ3) is 5.13. The third-order valence-electron chi connectivity index (χ3n) is 1.97. The molecule has 0 aliphatic rings. The summed E-state index contributed by atoms with van der Waals surface area (Å²) in [6.45, 7) is 8.85. The maximum Gasteiger partial charge on any atom is 0.333 e. The molecule has 0 heterocycles. The van der Waals surface area contributed by atoms with Crippen molar-refractivity contribution >= 4 is 12.0 Å². The number of hydrogen-bond acceptors (Lipinski definition) is 4. The van der Waals surface area contributed by atoms with Crippen LogP contribution in [0.2, 0.25) is 0 Å². The van der Waals surface area contributed by atoms with Crippen molar-refractivity contribution in [3.05, 3.63) is 12.2 Å². The number of carbonyl (C=O) groups is 1. The second-order valence-electron chi connectivity index (χ2n) is 3.81. The zero-order valence-corrected chi connectivity index (χ0v) is 9.50. The molecule has 0 aliphatic heterocycles. The van der Waals surface area contributed by atoms with Gasteiger partial charge in [-0.15, -0.1) is 0 Å². The lowest BCUT2D eigenvalue weighted by Gasteiger charge is -2.22. The fourth-order valence-electron chi connectivity index (χ4n) is 1.15. The summed E-state index contributed by atoms with van der Waals surface area (Å²) in [5.41, 5.74) is -0.328. The van der Waals surface area contributed by atoms with E-state index in [2.05, 4.69) is 11.6 Å². The van der Waals surface area contributed by atoms with Gasteiger partial charge in [-0.3, -0.25) is 0 Å². The van der Waals surface area contributed by atoms with E-state index in [4.69, 9.17) is 4.74 Å². The molecule has 0 amide bonds. The number of carbonyl (C=O) groups excluding carboxylic acids is 2. The Kier molecular flexibility index (Phi) is 5.57. The molecule has 0 aliphatic carbocycles. The first-order chi connectivity index (χ1) is 6.95. The van der Waals surface area contributed by atoms with Crippen molar-refractivity contribution in [2.75, 3.05) is 6.61 Å². The lowest BCUT2D eigenvalue weighted by molar-refractivity contribution is -0.140. The Balaban J connectivity index is 4.36. The van der Waals surface area contributed by atoms with Crippen molar-refractivity contribution in [1.82, 2.24) is 0 Å². The molecule has 0 spiro atoms. The molecule has 0 N–H and O–H groups in total. The van der Waals surface area contributed by atoms with E-state index >= 15 is 0 Å². The Labute approximate surface area is 90.0 Å². The van der Waals surface area contributed by atoms with Gasteiger partial charge in [0.1, 0.15) is 12.1 Å². The number of isocyanates is 1. The molecule has 4 heteroatoms. The molecule has 0 saturated carbocycles. The van der Waals surface area contributed by atoms with Gasteiger partial charge >= 0.3 is 5.97 Å². The summed E-state index contributed by atoms with van der Waals surface area (Å²) in [5.74, 6) is -0.460. The number of esters is 1. The second-order valence-corrected chi connectivity index (χ2v) is 3.81. The quantitative estimate of drug-likeness (QED) is 0.292. The van der Waals surface area contributed by atoms with E-state index in [1.54, 1.807) is 13.8 Å². The highest BCUT2D eigenvalue weighted by Crippen LogP contribution is 2.17. The predicted octanol–water partition coefficient (Wildman–Crippen LogP) is 2.00. The van der Waals surface area contributed by atoms with E-state index in [1.165, 1.54) is 6.08 Å². The highest BCUT2D eigenvalue weighted by molar-refractivity contribution is 5.86. The standard InChI is InChI=1S/C11H17NO3/c1-5-6-11(4,12-8-13)7-15-10(14)9(2)3/h2,5-7H2,1,3-4H3. The van der Waals surface area contributed by atoms with E-state index < -0.39 is 11.5 Å². The Morgan fingerprint density at radius 1 is 1.60 bits per heavy atom. The SMILES string of the molecule is C=C(C)C(=O)OCC(C)(CCC)N=C=O. The van der Waals surface area contributed by atoms with Gasteiger partial charge in [-0.1, -0.05) is 19.9 Å². The molecule has 0 rings (SSSR count). The minimum absolute atomic E-state index is 0.0851. The Hall–Kier alpha value is -1.41. The number of ether oxygens (including phenoxy) is 1. The Morgan fingerprint density at radius 3 is 2.60 bits per heavy atom. The summed E-state index contributed by atoms with van der Waals surface area (Å²) in [6, 6.07) is 0. The Bertz CT molecular complexity index is 292. The lowest BCUT2D eigenvalue weighted by atomic mass is 9.98. The van der Waals surface area contributed by atoms with Crippen molar-refractivity contribution in [2.45, 2.75) is 39.2 Å². The first kappa shape index (κ1) is 13.6. The van der Waals surface area contributed by atoms with Crippen molar-refractivity contribution in [2.24, 2.45) is 4.99 Å². The number of aliphatic imine (C=N–C) groups is 1. The molecule has 0 aromatic rings. The van der Waals surface area contributed by atoms with Crippen molar-refractivity contribution in [3.63, 3.8) is 0 Å². The van der Waals surface area contributed by atoms with Gasteiger partial charge in [-0.25, -0.2) is 9.59 Å². The van der Waals surface area contributed by atoms with Crippen LogP contribution in [-0.2, 0) is 14.3 Å². The summed E-state index contributed by atoms with van der Waals surface area (Å²) in [4.78, 5) is 25.0. The van der Waals surface area contributed by atoms with Crippen LogP contribution in [0.5, 0.6) is 0 Å². The van der Waals surface area contributed by atoms with Gasteiger partial charge < -0.3 is 4.74 Å². The van der Waals surface area contributed by atoms with Gasteiger partial charge in [-0.2, -0.15) is 4.99 Å². The van der Waals surface area contributed by atoms with Crippen LogP contribution in [-0.4, -0.2) is 24.2 Å². The first-order valence-corrected chi connectivity index (χ1v) is 4.87. The fourth-order valence-corrected chi connectivity index (χ4v) is 1.15. The zero-order chi connectivity index (χ0) is 11.9. The summed E-state index contributed by atoms with van der Waals surface area (Å²) < 4.78 is 4.96. The average Bonchev–Trinajstić information content (AvgIpc) is 2.15. The third-order valence-corrected chi connectivity index (χ3v) is 1.97. The largest absolute Gasteiger partial charge is 0.460 e. The summed E-state index contributed by atoms with van der Waals surface area (Å²) in [5, 5.41) is 0. The Morgan fingerprint density at radius 2 is 2.20 bits per heavy atom. The summed E-state index contributed by atoms with van der Waals surface area (Å²) >= 11 is 0. The monoisotopic (exact) mass is 211 g/mol. The predicted molar refractivity (Wildman–Crippen MR) is 57.2 cm³/mol. The van der Waals surface area contributed by atoms with Crippen LogP contribution >= 0.6 is 0 Å². The van der Waals surface area contributed by atoms with Crippen LogP contribution in [0.1, 0.15) is 33.6 Å². The van der Waals surface area contributed by atoms with Crippen LogP contribution in [0, 0.1) is 0 Å². The van der Waals surface area contributed by atoms with Gasteiger partial charge in [-0.05, 0) is 20.3 Å². The van der Waals surface area contributed by atoms with Crippen LogP contribution < -0.4 is 0 Å². The number of hydrogen-bond donors (Lipinski definition) is 0. The highest BCUT2D eigenvalue weighted by atomic mass is 16.5. The molecular formula is C11H17NO3. The van der Waals surface area contributed by atoms with Crippen molar-refractivity contribution in [3.8, 4) is 0 Å². The van der Waals surface area contributed by atoms with Crippen molar-refractivity contribution in [1.29, 1.82) is 0 Å². The number of nitrogens with zero attached hydrogens (tertiary/aromatic N) is 1. The number of rotatable bonds is 6. The van der Waals surface area contributed by atoms with Crippen molar-refractivity contribution < 1.29 is 14.3 Å². The zero-order valence-electron chi connectivity index (χ0n) is 9.50. The molecule has 0 radical (unpaired) electrons. The minimum Gasteiger partial charge on any atom is -0.460 e. The average molecular weight is 211 g/mol. The maximum atomic E-state index is 11.1. The molecule has 0 bridgehead atoms. The van der Waals surface area contributed by atoms with Gasteiger partial charge in [0.25, 0.3) is 0 Å². The van der Waals surface area contributed by atoms with Crippen LogP contribution in [0.25, 0.3) is 0 Å². The van der Waals surface area contributed by atoms with E-state index in [0.717, 1.165) is 6.42 Å². The fraction of sp³-hybridized carbons (Fsp3) is 0.636. The normalized spacial score (nSPS) is 13.5. The van der Waals surface area contributed by atoms with Gasteiger partial charge in [0.15, 0.2) is 0 Å². The molecule has 1 unspecified atom stereocenters. The van der Waals surface area contributed by atoms with Crippen LogP contribution in [0.15, 0.2) is 17.1 Å². The molecule has 0 aromatic heterocycles. The van der Waals surface area contributed by atoms with Gasteiger partial charge in [0.2, 0.25) is 6.08 Å². The lowest BCUT2D eigenvalue weighted by Crippen LogP contribution is -2.30. The summed E-state index contributed by atoms with van der Waals surface area (Å²) in [6.07, 6.45) is 3.03. The van der Waals surface area contributed by atoms with E-state index in [-0.39, 0.29) is 6.61 Å². The smallest absolute Gasteiger partial charge is 0.333 e. The molecule has 0 saturated heterocycles. The molecule has 15 heavy (non-hydrogen) atoms. The topological polar surface area (TPSA) is 55.7 Å². The molecule has 4 nitrogen and oxygen atoms in total. The maximum absolute atomic E-state index is 11.1. The molecule has 1 atom stereocenters. The van der Waals surface area contributed by atoms with E-state index in [1.807, 2.05) is 6.92 Å². The van der Waals surface area contributed by atoms with Gasteiger partial charge in [0, 0.05) is 5.57 Å². The molecule has 84 valence electrons. The van der Waals surface area contributed by atoms with E-state index in [0.29, 0.717) is 12.0 Å². The van der Waals surface area contributed by atoms with Gasteiger partial charge in [0.05, 0.1) is 0 Å². The van der Waals surface area contributed by atoms with Crippen LogP contribution in [0.3, 0.4) is 0 Å².